The molecule has 0 saturated heterocycles. The average Bonchev–Trinajstić information content (AvgIpc) is 2.90. The molecule has 0 spiro atoms. The summed E-state index contributed by atoms with van der Waals surface area (Å²) in [4.78, 5) is 36.2. The predicted octanol–water partition coefficient (Wildman–Crippen LogP) is 2.25. The highest BCUT2D eigenvalue weighted by Crippen LogP contribution is 2.22. The van der Waals surface area contributed by atoms with Gasteiger partial charge in [-0.25, -0.2) is 9.87 Å². The number of carbonyl (C=O) groups excluding carboxylic acids is 3. The second-order valence-corrected chi connectivity index (χ2v) is 8.42. The molecule has 37 heavy (non-hydrogen) atoms. The van der Waals surface area contributed by atoms with Gasteiger partial charge in [-0.15, -0.1) is 0 Å². The zero-order valence-electron chi connectivity index (χ0n) is 20.2. The van der Waals surface area contributed by atoms with Crippen molar-refractivity contribution < 1.29 is 29.1 Å². The van der Waals surface area contributed by atoms with Crippen LogP contribution in [0.4, 0.5) is 10.1 Å². The largest absolute Gasteiger partial charge is 0.391 e. The fraction of sp³-hybridized carbons (Fsp3) is 0.222. The molecule has 0 heterocycles. The molecule has 6 N–H and O–H groups in total. The van der Waals surface area contributed by atoms with Crippen molar-refractivity contribution in [2.45, 2.75) is 25.5 Å². The summed E-state index contributed by atoms with van der Waals surface area (Å²) in [6.07, 6.45) is -0.520. The van der Waals surface area contributed by atoms with Gasteiger partial charge in [-0.3, -0.25) is 19.6 Å². The lowest BCUT2D eigenvalue weighted by molar-refractivity contribution is -0.133. The quantitative estimate of drug-likeness (QED) is 0.133. The third-order valence-electron chi connectivity index (χ3n) is 5.60. The van der Waals surface area contributed by atoms with Crippen LogP contribution >= 0.6 is 0 Å². The molecule has 9 nitrogen and oxygen atoms in total. The van der Waals surface area contributed by atoms with Gasteiger partial charge in [-0.05, 0) is 73.0 Å². The zero-order valence-corrected chi connectivity index (χ0v) is 20.2. The molecule has 0 aliphatic rings. The van der Waals surface area contributed by atoms with E-state index in [0.29, 0.717) is 18.7 Å². The first-order valence-electron chi connectivity index (χ1n) is 11.6. The number of hydrogen-bond acceptors (Lipinski definition) is 6. The molecule has 0 saturated carbocycles. The molecule has 3 aromatic rings. The molecule has 0 fully saturated rings. The standard InChI is InChI=1S/C27H29FN4O5/c1-17(33)25(27(36)32-37)31-26(35)21-6-4-19(5-7-21)20-8-12-23(13-9-20)30-24(34)16-29-15-14-18-2-10-22(28)11-3-18/h2-13,17,25,29,33,37H,14-16H2,1H3,(H,30,34)(H,31,35)(H,32,36)/t17-,25+/m1/s1. The first kappa shape index (κ1) is 27.5. The van der Waals surface area contributed by atoms with E-state index in [9.17, 15) is 23.9 Å². The number of amides is 3. The molecule has 3 amide bonds. The summed E-state index contributed by atoms with van der Waals surface area (Å²) in [5, 5.41) is 26.7. The number of benzene rings is 3. The molecular formula is C27H29FN4O5. The van der Waals surface area contributed by atoms with Crippen LogP contribution in [0.25, 0.3) is 11.1 Å². The van der Waals surface area contributed by atoms with E-state index in [0.717, 1.165) is 16.7 Å². The molecule has 0 bridgehead atoms. The van der Waals surface area contributed by atoms with Crippen molar-refractivity contribution in [1.82, 2.24) is 16.1 Å². The molecule has 0 aliphatic heterocycles. The van der Waals surface area contributed by atoms with Crippen molar-refractivity contribution in [2.24, 2.45) is 0 Å². The molecule has 2 atom stereocenters. The molecular weight excluding hydrogens is 479 g/mol. The first-order chi connectivity index (χ1) is 17.8. The Morgan fingerprint density at radius 3 is 2.05 bits per heavy atom. The summed E-state index contributed by atoms with van der Waals surface area (Å²) in [6, 6.07) is 18.8. The van der Waals surface area contributed by atoms with Crippen molar-refractivity contribution in [1.29, 1.82) is 0 Å². The third-order valence-corrected chi connectivity index (χ3v) is 5.60. The summed E-state index contributed by atoms with van der Waals surface area (Å²) in [5.74, 6) is -1.97. The molecule has 3 rings (SSSR count). The van der Waals surface area contributed by atoms with E-state index in [2.05, 4.69) is 16.0 Å². The number of anilines is 1. The van der Waals surface area contributed by atoms with Crippen molar-refractivity contribution >= 4 is 23.4 Å². The Balaban J connectivity index is 1.49. The van der Waals surface area contributed by atoms with E-state index >= 15 is 0 Å². The Hall–Kier alpha value is -4.12. The summed E-state index contributed by atoms with van der Waals surface area (Å²) in [5.41, 5.74) is 5.00. The van der Waals surface area contributed by atoms with Crippen molar-refractivity contribution in [2.75, 3.05) is 18.4 Å². The van der Waals surface area contributed by atoms with Gasteiger partial charge in [0.05, 0.1) is 12.6 Å². The molecule has 194 valence electrons. The van der Waals surface area contributed by atoms with Gasteiger partial charge >= 0.3 is 0 Å². The van der Waals surface area contributed by atoms with E-state index in [4.69, 9.17) is 5.21 Å². The average molecular weight is 509 g/mol. The summed E-state index contributed by atoms with van der Waals surface area (Å²) in [6.45, 7) is 2.05. The fourth-order valence-corrected chi connectivity index (χ4v) is 3.55. The van der Waals surface area contributed by atoms with Gasteiger partial charge in [0.25, 0.3) is 11.8 Å². The van der Waals surface area contributed by atoms with E-state index in [-0.39, 0.29) is 23.8 Å². The molecule has 0 aliphatic carbocycles. The number of aliphatic hydroxyl groups is 1. The highest BCUT2D eigenvalue weighted by Gasteiger charge is 2.25. The number of nitrogens with one attached hydrogen (secondary N) is 4. The molecule has 0 aromatic heterocycles. The molecule has 0 unspecified atom stereocenters. The van der Waals surface area contributed by atoms with Crippen LogP contribution in [0.15, 0.2) is 72.8 Å². The fourth-order valence-electron chi connectivity index (χ4n) is 3.55. The summed E-state index contributed by atoms with van der Waals surface area (Å²) < 4.78 is 12.9. The van der Waals surface area contributed by atoms with E-state index < -0.39 is 24.0 Å². The van der Waals surface area contributed by atoms with Crippen LogP contribution in [0.5, 0.6) is 0 Å². The topological polar surface area (TPSA) is 140 Å². The monoisotopic (exact) mass is 508 g/mol. The molecule has 3 aromatic carbocycles. The van der Waals surface area contributed by atoms with Crippen LogP contribution in [-0.4, -0.2) is 53.3 Å². The Morgan fingerprint density at radius 2 is 1.49 bits per heavy atom. The molecule has 10 heteroatoms. The van der Waals surface area contributed by atoms with Crippen molar-refractivity contribution in [3.8, 4) is 11.1 Å². The van der Waals surface area contributed by atoms with Gasteiger partial charge in [0.2, 0.25) is 5.91 Å². The van der Waals surface area contributed by atoms with Crippen LogP contribution in [0.1, 0.15) is 22.8 Å². The van der Waals surface area contributed by atoms with Crippen LogP contribution in [0.2, 0.25) is 0 Å². The van der Waals surface area contributed by atoms with Crippen LogP contribution in [0, 0.1) is 5.82 Å². The van der Waals surface area contributed by atoms with Crippen LogP contribution in [0.3, 0.4) is 0 Å². The maximum atomic E-state index is 12.9. The summed E-state index contributed by atoms with van der Waals surface area (Å²) >= 11 is 0. The second-order valence-electron chi connectivity index (χ2n) is 8.42. The van der Waals surface area contributed by atoms with Gasteiger partial charge in [0.15, 0.2) is 0 Å². The van der Waals surface area contributed by atoms with Crippen molar-refractivity contribution in [3.63, 3.8) is 0 Å². The van der Waals surface area contributed by atoms with Gasteiger partial charge in [0, 0.05) is 11.3 Å². The number of carbonyl (C=O) groups is 3. The van der Waals surface area contributed by atoms with E-state index in [1.807, 2.05) is 12.1 Å². The van der Waals surface area contributed by atoms with E-state index in [1.54, 1.807) is 48.5 Å². The highest BCUT2D eigenvalue weighted by atomic mass is 19.1. The zero-order chi connectivity index (χ0) is 26.8. The lowest BCUT2D eigenvalue weighted by Gasteiger charge is -2.19. The number of aliphatic hydroxyl groups excluding tert-OH is 1. The predicted molar refractivity (Wildman–Crippen MR) is 136 cm³/mol. The van der Waals surface area contributed by atoms with Crippen molar-refractivity contribution in [3.05, 3.63) is 89.7 Å². The number of rotatable bonds is 11. The number of halogens is 1. The lowest BCUT2D eigenvalue weighted by Crippen LogP contribution is -2.51. The van der Waals surface area contributed by atoms with Crippen LogP contribution < -0.4 is 21.4 Å². The third kappa shape index (κ3) is 8.21. The SMILES string of the molecule is C[C@@H](O)[C@H](NC(=O)c1ccc(-c2ccc(NC(=O)CNCCc3ccc(F)cc3)cc2)cc1)C(=O)NO. The van der Waals surface area contributed by atoms with Crippen LogP contribution in [-0.2, 0) is 16.0 Å². The Kier molecular flexibility index (Phi) is 9.84. The minimum Gasteiger partial charge on any atom is -0.391 e. The minimum absolute atomic E-state index is 0.141. The Labute approximate surface area is 213 Å². The molecule has 0 radical (unpaired) electrons. The van der Waals surface area contributed by atoms with Gasteiger partial charge < -0.3 is 21.1 Å². The smallest absolute Gasteiger partial charge is 0.268 e. The highest BCUT2D eigenvalue weighted by molar-refractivity contribution is 5.98. The van der Waals surface area contributed by atoms with E-state index in [1.165, 1.54) is 24.5 Å². The maximum Gasteiger partial charge on any atom is 0.268 e. The van der Waals surface area contributed by atoms with Gasteiger partial charge in [0.1, 0.15) is 11.9 Å². The second kappa shape index (κ2) is 13.3. The first-order valence-corrected chi connectivity index (χ1v) is 11.6. The number of hydroxylamine groups is 1. The summed E-state index contributed by atoms with van der Waals surface area (Å²) in [7, 11) is 0. The van der Waals surface area contributed by atoms with Gasteiger partial charge in [-0.1, -0.05) is 36.4 Å². The Bertz CT molecular complexity index is 1200. The lowest BCUT2D eigenvalue weighted by atomic mass is 10.0. The van der Waals surface area contributed by atoms with Gasteiger partial charge in [-0.2, -0.15) is 0 Å². The normalized spacial score (nSPS) is 12.3. The number of hydrogen-bond donors (Lipinski definition) is 6. The minimum atomic E-state index is -1.30. The maximum absolute atomic E-state index is 12.9. The Morgan fingerprint density at radius 1 is 0.892 bits per heavy atom.